The van der Waals surface area contributed by atoms with Crippen LogP contribution in [0.3, 0.4) is 0 Å². The molecule has 0 saturated carbocycles. The molecule has 26 heavy (non-hydrogen) atoms. The quantitative estimate of drug-likeness (QED) is 0.496. The molecule has 0 radical (unpaired) electrons. The molecule has 1 aromatic carbocycles. The highest BCUT2D eigenvalue weighted by molar-refractivity contribution is 7.98. The van der Waals surface area contributed by atoms with Crippen LogP contribution in [0.5, 0.6) is 5.75 Å². The van der Waals surface area contributed by atoms with E-state index in [1.165, 1.54) is 11.8 Å². The molecule has 3 aromatic heterocycles. The van der Waals surface area contributed by atoms with Crippen molar-refractivity contribution >= 4 is 17.5 Å². The van der Waals surface area contributed by atoms with E-state index in [4.69, 9.17) is 9.26 Å². The van der Waals surface area contributed by atoms with Crippen LogP contribution >= 0.6 is 11.8 Å². The zero-order chi connectivity index (χ0) is 18.1. The number of para-hydroxylation sites is 1. The average Bonchev–Trinajstić information content (AvgIpc) is 3.26. The Morgan fingerprint density at radius 1 is 1.15 bits per heavy atom. The third-order valence-corrected chi connectivity index (χ3v) is 4.56. The second-order valence-corrected chi connectivity index (χ2v) is 6.59. The topological polar surface area (TPSA) is 91.2 Å². The lowest BCUT2D eigenvalue weighted by atomic mass is 10.2. The minimum Gasteiger partial charge on any atom is -0.496 e. The molecule has 0 spiro atoms. The highest BCUT2D eigenvalue weighted by Crippen LogP contribution is 2.28. The van der Waals surface area contributed by atoms with Crippen molar-refractivity contribution in [1.82, 2.24) is 29.7 Å². The molecule has 0 N–H and O–H groups in total. The van der Waals surface area contributed by atoms with Gasteiger partial charge in [-0.15, -0.1) is 5.10 Å². The van der Waals surface area contributed by atoms with Crippen molar-refractivity contribution < 1.29 is 9.26 Å². The van der Waals surface area contributed by atoms with Gasteiger partial charge in [0.15, 0.2) is 0 Å². The molecule has 3 heterocycles. The van der Waals surface area contributed by atoms with Crippen molar-refractivity contribution in [3.05, 3.63) is 47.6 Å². The van der Waals surface area contributed by atoms with Gasteiger partial charge in [0.2, 0.25) is 16.9 Å². The molecule has 0 unspecified atom stereocenters. The van der Waals surface area contributed by atoms with E-state index in [1.807, 2.05) is 44.2 Å². The van der Waals surface area contributed by atoms with E-state index in [1.54, 1.807) is 11.6 Å². The summed E-state index contributed by atoms with van der Waals surface area (Å²) in [5.74, 6) is 2.75. The van der Waals surface area contributed by atoms with Crippen LogP contribution in [0.2, 0.25) is 0 Å². The van der Waals surface area contributed by atoms with Crippen LogP contribution < -0.4 is 4.74 Å². The number of aromatic nitrogens is 6. The van der Waals surface area contributed by atoms with Crippen LogP contribution in [0.4, 0.5) is 0 Å². The van der Waals surface area contributed by atoms with Gasteiger partial charge in [-0.1, -0.05) is 29.1 Å². The van der Waals surface area contributed by atoms with Crippen molar-refractivity contribution in [3.8, 4) is 17.1 Å². The maximum Gasteiger partial charge on any atom is 0.253 e. The summed E-state index contributed by atoms with van der Waals surface area (Å²) in [7, 11) is 1.61. The Morgan fingerprint density at radius 2 is 2.00 bits per heavy atom. The monoisotopic (exact) mass is 368 g/mol. The van der Waals surface area contributed by atoms with Crippen LogP contribution in [-0.2, 0) is 5.75 Å². The third kappa shape index (κ3) is 3.13. The van der Waals surface area contributed by atoms with Gasteiger partial charge in [0.25, 0.3) is 5.78 Å². The minimum atomic E-state index is 0.469. The summed E-state index contributed by atoms with van der Waals surface area (Å²) in [4.78, 5) is 13.3. The van der Waals surface area contributed by atoms with Gasteiger partial charge in [-0.2, -0.15) is 9.97 Å². The Labute approximate surface area is 153 Å². The molecule has 0 fully saturated rings. The van der Waals surface area contributed by atoms with Crippen LogP contribution in [0.15, 0.2) is 40.0 Å². The largest absolute Gasteiger partial charge is 0.496 e. The van der Waals surface area contributed by atoms with E-state index in [9.17, 15) is 0 Å². The fourth-order valence-corrected chi connectivity index (χ4v) is 3.24. The average molecular weight is 368 g/mol. The van der Waals surface area contributed by atoms with E-state index in [-0.39, 0.29) is 0 Å². The molecule has 0 amide bonds. The molecule has 132 valence electrons. The molecule has 0 atom stereocenters. The molecule has 0 aliphatic rings. The number of thioether (sulfide) groups is 1. The predicted molar refractivity (Wildman–Crippen MR) is 96.1 cm³/mol. The molecule has 4 aromatic rings. The number of hydrogen-bond acceptors (Lipinski definition) is 8. The Kier molecular flexibility index (Phi) is 4.29. The first-order chi connectivity index (χ1) is 12.6. The number of nitrogens with zero attached hydrogens (tertiary/aromatic N) is 6. The standard InChI is InChI=1S/C17H16N6O2S/c1-10-8-11(2)23-16(18-10)20-17(21-23)26-9-14-19-15(22-25-14)12-6-4-5-7-13(12)24-3/h4-8H,9H2,1-3H3. The summed E-state index contributed by atoms with van der Waals surface area (Å²) in [6.07, 6.45) is 0. The number of rotatable bonds is 5. The van der Waals surface area contributed by atoms with Crippen LogP contribution in [0.1, 0.15) is 17.3 Å². The van der Waals surface area contributed by atoms with Crippen molar-refractivity contribution in [1.29, 1.82) is 0 Å². The highest BCUT2D eigenvalue weighted by Gasteiger charge is 2.14. The van der Waals surface area contributed by atoms with Crippen molar-refractivity contribution in [2.45, 2.75) is 24.8 Å². The molecule has 0 bridgehead atoms. The number of fused-ring (bicyclic) bond motifs is 1. The number of hydrogen-bond donors (Lipinski definition) is 0. The van der Waals surface area contributed by atoms with Gasteiger partial charge in [0, 0.05) is 11.4 Å². The van der Waals surface area contributed by atoms with E-state index in [2.05, 4.69) is 25.2 Å². The van der Waals surface area contributed by atoms with Crippen molar-refractivity contribution in [3.63, 3.8) is 0 Å². The summed E-state index contributed by atoms with van der Waals surface area (Å²) in [6.45, 7) is 3.91. The van der Waals surface area contributed by atoms with Gasteiger partial charge >= 0.3 is 0 Å². The normalized spacial score (nSPS) is 11.2. The van der Waals surface area contributed by atoms with Crippen molar-refractivity contribution in [2.75, 3.05) is 7.11 Å². The molecule has 9 heteroatoms. The van der Waals surface area contributed by atoms with E-state index in [0.717, 1.165) is 17.0 Å². The van der Waals surface area contributed by atoms with Crippen molar-refractivity contribution in [2.24, 2.45) is 0 Å². The number of aryl methyl sites for hydroxylation is 2. The van der Waals surface area contributed by atoms with Gasteiger partial charge in [-0.25, -0.2) is 9.50 Å². The summed E-state index contributed by atoms with van der Waals surface area (Å²) < 4.78 is 12.4. The second-order valence-electron chi connectivity index (χ2n) is 5.65. The lowest BCUT2D eigenvalue weighted by Gasteiger charge is -2.02. The first-order valence-electron chi connectivity index (χ1n) is 7.94. The highest BCUT2D eigenvalue weighted by atomic mass is 32.2. The molecular weight excluding hydrogens is 352 g/mol. The van der Waals surface area contributed by atoms with Crippen LogP contribution in [-0.4, -0.2) is 36.8 Å². The fourth-order valence-electron chi connectivity index (χ4n) is 2.59. The van der Waals surface area contributed by atoms with Gasteiger partial charge in [-0.3, -0.25) is 0 Å². The fraction of sp³-hybridized carbons (Fsp3) is 0.235. The molecule has 0 aliphatic carbocycles. The first-order valence-corrected chi connectivity index (χ1v) is 8.92. The van der Waals surface area contributed by atoms with E-state index >= 15 is 0 Å². The maximum absolute atomic E-state index is 5.34. The molecule has 0 aliphatic heterocycles. The SMILES string of the molecule is COc1ccccc1-c1noc(CSc2nc3nc(C)cc(C)n3n2)n1. The maximum atomic E-state index is 5.34. The first kappa shape index (κ1) is 16.5. The molecule has 0 saturated heterocycles. The lowest BCUT2D eigenvalue weighted by molar-refractivity contribution is 0.390. The van der Waals surface area contributed by atoms with Crippen LogP contribution in [0.25, 0.3) is 17.2 Å². The van der Waals surface area contributed by atoms with E-state index in [0.29, 0.717) is 34.2 Å². The summed E-state index contributed by atoms with van der Waals surface area (Å²) >= 11 is 1.42. The molecule has 4 rings (SSSR count). The lowest BCUT2D eigenvalue weighted by Crippen LogP contribution is -1.97. The zero-order valence-corrected chi connectivity index (χ0v) is 15.3. The van der Waals surface area contributed by atoms with Gasteiger partial charge in [-0.05, 0) is 32.0 Å². The zero-order valence-electron chi connectivity index (χ0n) is 14.5. The number of ether oxygens (including phenoxy) is 1. The van der Waals surface area contributed by atoms with E-state index < -0.39 is 0 Å². The Bertz CT molecular complexity index is 1070. The summed E-state index contributed by atoms with van der Waals surface area (Å²) in [5.41, 5.74) is 2.69. The summed E-state index contributed by atoms with van der Waals surface area (Å²) in [6, 6.07) is 9.51. The van der Waals surface area contributed by atoms with Gasteiger partial charge in [0.1, 0.15) is 5.75 Å². The Morgan fingerprint density at radius 3 is 2.85 bits per heavy atom. The molecule has 8 nitrogen and oxygen atoms in total. The van der Waals surface area contributed by atoms with Crippen LogP contribution in [0, 0.1) is 13.8 Å². The minimum absolute atomic E-state index is 0.469. The predicted octanol–water partition coefficient (Wildman–Crippen LogP) is 3.09. The van der Waals surface area contributed by atoms with Gasteiger partial charge in [0.05, 0.1) is 18.4 Å². The number of methoxy groups -OCH3 is 1. The third-order valence-electron chi connectivity index (χ3n) is 3.74. The number of benzene rings is 1. The summed E-state index contributed by atoms with van der Waals surface area (Å²) in [5, 5.41) is 9.11. The van der Waals surface area contributed by atoms with Gasteiger partial charge < -0.3 is 9.26 Å². The smallest absolute Gasteiger partial charge is 0.253 e. The Hall–Kier alpha value is -2.94. The Balaban J connectivity index is 1.52. The molecular formula is C17H16N6O2S. The second kappa shape index (κ2) is 6.75.